The Morgan fingerprint density at radius 3 is 2.85 bits per heavy atom. The number of likely N-dealkylation sites (tertiary alicyclic amines) is 1. The van der Waals surface area contributed by atoms with Crippen molar-refractivity contribution in [3.05, 3.63) is 66.1 Å². The molecule has 4 aliphatic rings. The van der Waals surface area contributed by atoms with Crippen molar-refractivity contribution in [1.29, 1.82) is 0 Å². The molecular weight excluding hydrogens is 492 g/mol. The molecule has 0 unspecified atom stereocenters. The summed E-state index contributed by atoms with van der Waals surface area (Å²) in [4.78, 5) is 30.4. The van der Waals surface area contributed by atoms with E-state index in [1.807, 2.05) is 30.4 Å². The third-order valence-corrected chi connectivity index (χ3v) is 9.23. The Kier molecular flexibility index (Phi) is 6.66. The SMILES string of the molecule is C=CCN1CC[C@@]23c4c5ccc(OC(C)=O)c4C[C@@H]1[C@@H]2CC[C@H](N(CC(C)C)C(=O)C=Cc1ccoc1)[C@H]3O5. The van der Waals surface area contributed by atoms with Crippen molar-refractivity contribution in [1.82, 2.24) is 9.80 Å². The van der Waals surface area contributed by atoms with Gasteiger partial charge in [0.05, 0.1) is 18.6 Å². The molecule has 2 bridgehead atoms. The standard InChI is InChI=1S/C32H38N2O5/c1-5-14-33-15-13-32-24-7-8-25(34(18-20(2)3)29(36)11-6-22-12-16-37-19-22)31(32)39-28-10-9-27(38-21(4)35)23(30(28)32)17-26(24)33/h5-6,9-12,16,19-20,24-26,31H,1,7-8,13-15,17-18H2,2-4H3/t24-,25-,26+,31+,32-/m0/s1. The zero-order valence-electron chi connectivity index (χ0n) is 23.1. The van der Waals surface area contributed by atoms with Crippen LogP contribution in [-0.2, 0) is 21.4 Å². The average molecular weight is 531 g/mol. The lowest BCUT2D eigenvalue weighted by Crippen LogP contribution is -2.69. The van der Waals surface area contributed by atoms with E-state index >= 15 is 0 Å². The number of hydrogen-bond donors (Lipinski definition) is 0. The van der Waals surface area contributed by atoms with Gasteiger partial charge in [-0.2, -0.15) is 0 Å². The summed E-state index contributed by atoms with van der Waals surface area (Å²) in [5.41, 5.74) is 2.98. The highest BCUT2D eigenvalue weighted by Gasteiger charge is 2.66. The van der Waals surface area contributed by atoms with Gasteiger partial charge in [0.15, 0.2) is 0 Å². The summed E-state index contributed by atoms with van der Waals surface area (Å²) >= 11 is 0. The molecular formula is C32H38N2O5. The van der Waals surface area contributed by atoms with E-state index in [2.05, 4.69) is 30.2 Å². The number of carbonyl (C=O) groups excluding carboxylic acids is 2. The summed E-state index contributed by atoms with van der Waals surface area (Å²) in [7, 11) is 0. The third-order valence-electron chi connectivity index (χ3n) is 9.23. The van der Waals surface area contributed by atoms with Crippen LogP contribution < -0.4 is 9.47 Å². The molecule has 2 aromatic rings. The molecule has 206 valence electrons. The molecule has 1 saturated heterocycles. The van der Waals surface area contributed by atoms with Crippen LogP contribution >= 0.6 is 0 Å². The molecule has 0 N–H and O–H groups in total. The minimum absolute atomic E-state index is 0.00147. The van der Waals surface area contributed by atoms with Gasteiger partial charge in [-0.25, -0.2) is 0 Å². The smallest absolute Gasteiger partial charge is 0.308 e. The number of piperidine rings is 1. The van der Waals surface area contributed by atoms with Gasteiger partial charge in [0.25, 0.3) is 0 Å². The van der Waals surface area contributed by atoms with Gasteiger partial charge in [0, 0.05) is 54.2 Å². The van der Waals surface area contributed by atoms with Crippen LogP contribution in [0.2, 0.25) is 0 Å². The van der Waals surface area contributed by atoms with Crippen molar-refractivity contribution in [3.63, 3.8) is 0 Å². The number of esters is 1. The van der Waals surface area contributed by atoms with E-state index in [1.54, 1.807) is 18.6 Å². The Hall–Kier alpha value is -3.32. The number of ether oxygens (including phenoxy) is 2. The van der Waals surface area contributed by atoms with Gasteiger partial charge >= 0.3 is 5.97 Å². The second kappa shape index (κ2) is 10.0. The van der Waals surface area contributed by atoms with Crippen LogP contribution in [0.15, 0.2) is 53.9 Å². The predicted molar refractivity (Wildman–Crippen MR) is 149 cm³/mol. The molecule has 1 saturated carbocycles. The summed E-state index contributed by atoms with van der Waals surface area (Å²) in [6.45, 7) is 12.2. The number of furan rings is 1. The van der Waals surface area contributed by atoms with Crippen molar-refractivity contribution in [3.8, 4) is 11.5 Å². The molecule has 0 radical (unpaired) electrons. The van der Waals surface area contributed by atoms with Crippen LogP contribution in [0.25, 0.3) is 6.08 Å². The van der Waals surface area contributed by atoms with Crippen molar-refractivity contribution >= 4 is 18.0 Å². The highest BCUT2D eigenvalue weighted by atomic mass is 16.5. The van der Waals surface area contributed by atoms with Crippen LogP contribution in [0.3, 0.4) is 0 Å². The van der Waals surface area contributed by atoms with Gasteiger partial charge in [0.2, 0.25) is 5.91 Å². The maximum absolute atomic E-state index is 13.8. The van der Waals surface area contributed by atoms with E-state index in [9.17, 15) is 9.59 Å². The fourth-order valence-electron chi connectivity index (χ4n) is 7.98. The van der Waals surface area contributed by atoms with Crippen molar-refractivity contribution in [2.24, 2.45) is 11.8 Å². The molecule has 1 spiro atoms. The molecule has 7 heteroatoms. The Bertz CT molecular complexity index is 1300. The normalized spacial score (nSPS) is 28.7. The quantitative estimate of drug-likeness (QED) is 0.207. The lowest BCUT2D eigenvalue weighted by molar-refractivity contribution is -0.138. The van der Waals surface area contributed by atoms with E-state index in [0.29, 0.717) is 30.2 Å². The van der Waals surface area contributed by atoms with Crippen LogP contribution in [0, 0.1) is 11.8 Å². The maximum Gasteiger partial charge on any atom is 0.308 e. The molecule has 39 heavy (non-hydrogen) atoms. The fourth-order valence-corrected chi connectivity index (χ4v) is 7.98. The highest BCUT2D eigenvalue weighted by molar-refractivity contribution is 5.92. The Labute approximate surface area is 230 Å². The third kappa shape index (κ3) is 4.22. The molecule has 7 nitrogen and oxygen atoms in total. The summed E-state index contributed by atoms with van der Waals surface area (Å²) in [6, 6.07) is 5.97. The van der Waals surface area contributed by atoms with E-state index in [0.717, 1.165) is 55.6 Å². The summed E-state index contributed by atoms with van der Waals surface area (Å²) in [5, 5.41) is 0. The van der Waals surface area contributed by atoms with Crippen molar-refractivity contribution in [2.75, 3.05) is 19.6 Å². The topological polar surface area (TPSA) is 72.2 Å². The largest absolute Gasteiger partial charge is 0.487 e. The van der Waals surface area contributed by atoms with Crippen molar-refractivity contribution in [2.45, 2.75) is 70.1 Å². The number of carbonyl (C=O) groups is 2. The number of hydrogen-bond acceptors (Lipinski definition) is 6. The second-order valence-electron chi connectivity index (χ2n) is 11.9. The van der Waals surface area contributed by atoms with Gasteiger partial charge in [-0.1, -0.05) is 19.9 Å². The van der Waals surface area contributed by atoms with Gasteiger partial charge in [-0.15, -0.1) is 6.58 Å². The first-order valence-electron chi connectivity index (χ1n) is 14.2. The fraction of sp³-hybridized carbons (Fsp3) is 0.500. The number of nitrogens with zero attached hydrogens (tertiary/aromatic N) is 2. The Balaban J connectivity index is 1.42. The molecule has 1 aromatic heterocycles. The Morgan fingerprint density at radius 2 is 2.13 bits per heavy atom. The molecule has 6 rings (SSSR count). The molecule has 2 aliphatic carbocycles. The lowest BCUT2D eigenvalue weighted by Gasteiger charge is -2.60. The average Bonchev–Trinajstić information content (AvgIpc) is 3.53. The molecule has 2 fully saturated rings. The van der Waals surface area contributed by atoms with Crippen LogP contribution in [0.5, 0.6) is 11.5 Å². The van der Waals surface area contributed by atoms with Gasteiger partial charge in [-0.3, -0.25) is 14.5 Å². The molecule has 2 aliphatic heterocycles. The Morgan fingerprint density at radius 1 is 1.28 bits per heavy atom. The second-order valence-corrected chi connectivity index (χ2v) is 11.9. The highest BCUT2D eigenvalue weighted by Crippen LogP contribution is 2.63. The van der Waals surface area contributed by atoms with E-state index in [-0.39, 0.29) is 29.4 Å². The number of benzene rings is 1. The number of amides is 1. The van der Waals surface area contributed by atoms with E-state index < -0.39 is 0 Å². The predicted octanol–water partition coefficient (Wildman–Crippen LogP) is 5.00. The molecule has 1 aromatic carbocycles. The van der Waals surface area contributed by atoms with Crippen LogP contribution in [-0.4, -0.2) is 59.5 Å². The molecule has 1 amide bonds. The van der Waals surface area contributed by atoms with Crippen LogP contribution in [0.1, 0.15) is 56.7 Å². The van der Waals surface area contributed by atoms with Gasteiger partial charge < -0.3 is 18.8 Å². The minimum atomic E-state index is -0.311. The monoisotopic (exact) mass is 530 g/mol. The van der Waals surface area contributed by atoms with Gasteiger partial charge in [0.1, 0.15) is 17.6 Å². The minimum Gasteiger partial charge on any atom is -0.487 e. The first kappa shape index (κ1) is 25.9. The summed E-state index contributed by atoms with van der Waals surface area (Å²) in [5.74, 6) is 1.95. The zero-order valence-corrected chi connectivity index (χ0v) is 23.1. The van der Waals surface area contributed by atoms with E-state index in [4.69, 9.17) is 13.9 Å². The lowest BCUT2D eigenvalue weighted by atomic mass is 9.50. The number of rotatable bonds is 8. The van der Waals surface area contributed by atoms with Crippen LogP contribution in [0.4, 0.5) is 0 Å². The van der Waals surface area contributed by atoms with E-state index in [1.165, 1.54) is 12.5 Å². The molecule has 3 heterocycles. The van der Waals surface area contributed by atoms with Crippen molar-refractivity contribution < 1.29 is 23.5 Å². The van der Waals surface area contributed by atoms with Gasteiger partial charge in [-0.05, 0) is 68.3 Å². The maximum atomic E-state index is 13.8. The first-order chi connectivity index (χ1) is 18.8. The summed E-state index contributed by atoms with van der Waals surface area (Å²) in [6.07, 6.45) is 12.3. The zero-order chi connectivity index (χ0) is 27.3. The first-order valence-corrected chi connectivity index (χ1v) is 14.2. The summed E-state index contributed by atoms with van der Waals surface area (Å²) < 4.78 is 17.8. The molecule has 5 atom stereocenters.